The molecule has 0 saturated heterocycles. The number of carbonyl (C=O) groups excluding carboxylic acids is 1. The van der Waals surface area contributed by atoms with Crippen molar-refractivity contribution < 1.29 is 13.2 Å². The van der Waals surface area contributed by atoms with Crippen LogP contribution in [-0.2, 0) is 34.2 Å². The van der Waals surface area contributed by atoms with Gasteiger partial charge in [-0.3, -0.25) is 14.2 Å². The van der Waals surface area contributed by atoms with Crippen molar-refractivity contribution in [2.75, 3.05) is 0 Å². The van der Waals surface area contributed by atoms with Gasteiger partial charge in [-0.1, -0.05) is 24.6 Å². The molecule has 9 heteroatoms. The van der Waals surface area contributed by atoms with Gasteiger partial charge in [0.1, 0.15) is 11.4 Å². The van der Waals surface area contributed by atoms with Crippen LogP contribution in [0.4, 0.5) is 0 Å². The van der Waals surface area contributed by atoms with Crippen LogP contribution in [0.25, 0.3) is 10.2 Å². The van der Waals surface area contributed by atoms with Gasteiger partial charge in [-0.2, -0.15) is 0 Å². The topological polar surface area (TPSA) is 98.1 Å². The number of fused-ring (bicyclic) bond motifs is 3. The van der Waals surface area contributed by atoms with E-state index < -0.39 is 22.5 Å². The van der Waals surface area contributed by atoms with Crippen molar-refractivity contribution >= 4 is 37.5 Å². The first kappa shape index (κ1) is 19.8. The van der Waals surface area contributed by atoms with Gasteiger partial charge in [0.2, 0.25) is 0 Å². The minimum Gasteiger partial charge on any atom is -0.289 e. The minimum absolute atomic E-state index is 0.00148. The zero-order chi connectivity index (χ0) is 20.8. The molecule has 4 rings (SSSR count). The van der Waals surface area contributed by atoms with Crippen LogP contribution in [0.15, 0.2) is 40.3 Å². The standard InChI is InChI=1S/C20H21N3O4S2/c1-12-3-6-14(7-4-12)29(26,27)22-17(24)10-23-11-21-19-18(20(23)25)15-8-5-13(2)9-16(15)28-19/h3-4,6-7,11,13H,5,8-10H2,1-2H3,(H,22,24). The highest BCUT2D eigenvalue weighted by molar-refractivity contribution is 7.90. The maximum Gasteiger partial charge on any atom is 0.264 e. The molecule has 0 saturated carbocycles. The molecule has 1 aliphatic rings. The Hall–Kier alpha value is -2.52. The first-order chi connectivity index (χ1) is 13.7. The van der Waals surface area contributed by atoms with E-state index in [1.807, 2.05) is 11.6 Å². The Morgan fingerprint density at radius 1 is 1.31 bits per heavy atom. The molecule has 0 bridgehead atoms. The summed E-state index contributed by atoms with van der Waals surface area (Å²) < 4.78 is 28.0. The third-order valence-corrected chi connectivity index (χ3v) is 7.73. The monoisotopic (exact) mass is 431 g/mol. The van der Waals surface area contributed by atoms with Gasteiger partial charge in [0.25, 0.3) is 21.5 Å². The Morgan fingerprint density at radius 3 is 2.76 bits per heavy atom. The van der Waals surface area contributed by atoms with E-state index in [0.717, 1.165) is 30.4 Å². The average molecular weight is 432 g/mol. The summed E-state index contributed by atoms with van der Waals surface area (Å²) in [4.78, 5) is 31.5. The molecule has 29 heavy (non-hydrogen) atoms. The smallest absolute Gasteiger partial charge is 0.264 e. The summed E-state index contributed by atoms with van der Waals surface area (Å²) in [6.45, 7) is 3.63. The number of amides is 1. The summed E-state index contributed by atoms with van der Waals surface area (Å²) in [5.74, 6) is -0.206. The van der Waals surface area contributed by atoms with Gasteiger partial charge >= 0.3 is 0 Å². The van der Waals surface area contributed by atoms with Gasteiger partial charge in [0.05, 0.1) is 16.6 Å². The predicted molar refractivity (Wildman–Crippen MR) is 112 cm³/mol. The fourth-order valence-electron chi connectivity index (χ4n) is 3.59. The zero-order valence-electron chi connectivity index (χ0n) is 16.1. The summed E-state index contributed by atoms with van der Waals surface area (Å²) in [6, 6.07) is 6.18. The molecule has 1 aromatic carbocycles. The highest BCUT2D eigenvalue weighted by Crippen LogP contribution is 2.35. The molecule has 3 aromatic rings. The van der Waals surface area contributed by atoms with Gasteiger partial charge in [-0.25, -0.2) is 18.1 Å². The van der Waals surface area contributed by atoms with Crippen molar-refractivity contribution in [2.45, 2.75) is 44.6 Å². The quantitative estimate of drug-likeness (QED) is 0.684. The predicted octanol–water partition coefficient (Wildman–Crippen LogP) is 2.40. The first-order valence-corrected chi connectivity index (χ1v) is 11.7. The lowest BCUT2D eigenvalue weighted by molar-refractivity contribution is -0.119. The van der Waals surface area contributed by atoms with E-state index in [1.165, 1.54) is 39.2 Å². The van der Waals surface area contributed by atoms with E-state index >= 15 is 0 Å². The van der Waals surface area contributed by atoms with Crippen LogP contribution >= 0.6 is 11.3 Å². The zero-order valence-corrected chi connectivity index (χ0v) is 17.8. The van der Waals surface area contributed by atoms with Crippen LogP contribution in [-0.4, -0.2) is 23.9 Å². The molecule has 1 amide bonds. The first-order valence-electron chi connectivity index (χ1n) is 9.36. The number of sulfonamides is 1. The molecular formula is C20H21N3O4S2. The number of thiophene rings is 1. The van der Waals surface area contributed by atoms with E-state index in [1.54, 1.807) is 12.1 Å². The third-order valence-electron chi connectivity index (χ3n) is 5.18. The normalized spacial score (nSPS) is 16.6. The molecule has 0 spiro atoms. The molecule has 2 heterocycles. The lowest BCUT2D eigenvalue weighted by Crippen LogP contribution is -2.36. The molecule has 1 aliphatic carbocycles. The fourth-order valence-corrected chi connectivity index (χ4v) is 5.91. The lowest BCUT2D eigenvalue weighted by Gasteiger charge is -2.17. The van der Waals surface area contributed by atoms with Crippen molar-refractivity contribution in [3.8, 4) is 0 Å². The van der Waals surface area contributed by atoms with Crippen LogP contribution in [0.2, 0.25) is 0 Å². The highest BCUT2D eigenvalue weighted by Gasteiger charge is 2.24. The fraction of sp³-hybridized carbons (Fsp3) is 0.350. The van der Waals surface area contributed by atoms with Gasteiger partial charge in [-0.15, -0.1) is 11.3 Å². The van der Waals surface area contributed by atoms with Crippen molar-refractivity contribution in [1.29, 1.82) is 0 Å². The maximum atomic E-state index is 13.0. The van der Waals surface area contributed by atoms with Crippen LogP contribution in [0, 0.1) is 12.8 Å². The second-order valence-electron chi connectivity index (χ2n) is 7.55. The number of benzene rings is 1. The van der Waals surface area contributed by atoms with Crippen LogP contribution in [0.5, 0.6) is 0 Å². The minimum atomic E-state index is -3.99. The van der Waals surface area contributed by atoms with Gasteiger partial charge < -0.3 is 0 Å². The van der Waals surface area contributed by atoms with Crippen molar-refractivity contribution in [3.63, 3.8) is 0 Å². The number of nitrogens with one attached hydrogen (secondary N) is 1. The summed E-state index contributed by atoms with van der Waals surface area (Å²) >= 11 is 1.53. The average Bonchev–Trinajstić information content (AvgIpc) is 3.02. The van der Waals surface area contributed by atoms with E-state index in [-0.39, 0.29) is 10.5 Å². The molecular weight excluding hydrogens is 410 g/mol. The largest absolute Gasteiger partial charge is 0.289 e. The third kappa shape index (κ3) is 3.84. The number of aryl methyl sites for hydroxylation is 2. The summed E-state index contributed by atoms with van der Waals surface area (Å²) in [5.41, 5.74) is 1.64. The molecule has 0 fully saturated rings. The Kier molecular flexibility index (Phi) is 5.04. The van der Waals surface area contributed by atoms with Crippen LogP contribution in [0.1, 0.15) is 29.3 Å². The Balaban J connectivity index is 1.59. The van der Waals surface area contributed by atoms with Gasteiger partial charge in [0, 0.05) is 4.88 Å². The second-order valence-corrected chi connectivity index (χ2v) is 10.3. The van der Waals surface area contributed by atoms with E-state index in [0.29, 0.717) is 16.1 Å². The number of hydrogen-bond donors (Lipinski definition) is 1. The van der Waals surface area contributed by atoms with Gasteiger partial charge in [0.15, 0.2) is 0 Å². The molecule has 1 N–H and O–H groups in total. The Labute approximate surface area is 172 Å². The highest BCUT2D eigenvalue weighted by atomic mass is 32.2. The molecule has 152 valence electrons. The van der Waals surface area contributed by atoms with E-state index in [4.69, 9.17) is 0 Å². The summed E-state index contributed by atoms with van der Waals surface area (Å²) in [7, 11) is -3.99. The van der Waals surface area contributed by atoms with Crippen molar-refractivity contribution in [2.24, 2.45) is 5.92 Å². The molecule has 0 aliphatic heterocycles. The number of carbonyl (C=O) groups is 1. The SMILES string of the molecule is Cc1ccc(S(=O)(=O)NC(=O)Cn2cnc3sc4c(c3c2=O)CCC(C)C4)cc1. The molecule has 7 nitrogen and oxygen atoms in total. The Bertz CT molecular complexity index is 1260. The Morgan fingerprint density at radius 2 is 2.03 bits per heavy atom. The molecule has 2 aromatic heterocycles. The second kappa shape index (κ2) is 7.38. The lowest BCUT2D eigenvalue weighted by atomic mass is 9.89. The van der Waals surface area contributed by atoms with E-state index in [9.17, 15) is 18.0 Å². The number of hydrogen-bond acceptors (Lipinski definition) is 6. The summed E-state index contributed by atoms with van der Waals surface area (Å²) in [6.07, 6.45) is 4.09. The maximum absolute atomic E-state index is 13.0. The number of nitrogens with zero attached hydrogens (tertiary/aromatic N) is 2. The van der Waals surface area contributed by atoms with Gasteiger partial charge in [-0.05, 0) is 49.8 Å². The van der Waals surface area contributed by atoms with Crippen LogP contribution in [0.3, 0.4) is 0 Å². The van der Waals surface area contributed by atoms with Crippen molar-refractivity contribution in [3.05, 3.63) is 57.0 Å². The molecule has 0 radical (unpaired) electrons. The molecule has 1 atom stereocenters. The molecule has 1 unspecified atom stereocenters. The van der Waals surface area contributed by atoms with Crippen molar-refractivity contribution in [1.82, 2.24) is 14.3 Å². The summed E-state index contributed by atoms with van der Waals surface area (Å²) in [5, 5.41) is 0.564. The number of rotatable bonds is 4. The van der Waals surface area contributed by atoms with Crippen LogP contribution < -0.4 is 10.3 Å². The van der Waals surface area contributed by atoms with E-state index in [2.05, 4.69) is 11.9 Å². The number of aromatic nitrogens is 2.